The van der Waals surface area contributed by atoms with Crippen molar-refractivity contribution in [3.05, 3.63) is 71.5 Å². The summed E-state index contributed by atoms with van der Waals surface area (Å²) in [5.74, 6) is -0.223. The second-order valence-electron chi connectivity index (χ2n) is 5.38. The van der Waals surface area contributed by atoms with E-state index in [2.05, 4.69) is 41.8 Å². The second-order valence-corrected chi connectivity index (χ2v) is 5.79. The molecule has 0 amide bonds. The lowest BCUT2D eigenvalue weighted by atomic mass is 10.1. The van der Waals surface area contributed by atoms with Crippen molar-refractivity contribution in [1.82, 2.24) is 10.6 Å². The number of hydrogen-bond donors (Lipinski definition) is 2. The highest BCUT2D eigenvalue weighted by Gasteiger charge is 2.04. The molecule has 4 heteroatoms. The number of nitrogens with one attached hydrogen (secondary N) is 2. The summed E-state index contributed by atoms with van der Waals surface area (Å²) in [6, 6.07) is 17.1. The third-order valence-electron chi connectivity index (χ3n) is 3.45. The van der Waals surface area contributed by atoms with Gasteiger partial charge >= 0.3 is 0 Å². The van der Waals surface area contributed by atoms with Crippen LogP contribution in [0.15, 0.2) is 54.6 Å². The maximum absolute atomic E-state index is 12.8. The molecule has 0 spiro atoms. The van der Waals surface area contributed by atoms with Gasteiger partial charge in [0.05, 0.1) is 0 Å². The number of rotatable bonds is 6. The van der Waals surface area contributed by atoms with Gasteiger partial charge in [0.25, 0.3) is 0 Å². The van der Waals surface area contributed by atoms with Gasteiger partial charge in [-0.1, -0.05) is 42.5 Å². The van der Waals surface area contributed by atoms with Crippen molar-refractivity contribution in [3.8, 4) is 0 Å². The first-order chi connectivity index (χ1) is 10.6. The molecule has 0 saturated heterocycles. The lowest BCUT2D eigenvalue weighted by Crippen LogP contribution is -2.40. The molecule has 0 aliphatic carbocycles. The third kappa shape index (κ3) is 5.82. The van der Waals surface area contributed by atoms with Crippen molar-refractivity contribution >= 4 is 17.3 Å². The van der Waals surface area contributed by atoms with E-state index in [0.29, 0.717) is 17.7 Å². The number of halogens is 1. The molecule has 1 atom stereocenters. The van der Waals surface area contributed by atoms with Crippen LogP contribution in [-0.2, 0) is 13.0 Å². The van der Waals surface area contributed by atoms with Gasteiger partial charge in [-0.25, -0.2) is 4.39 Å². The zero-order valence-corrected chi connectivity index (χ0v) is 13.5. The Morgan fingerprint density at radius 3 is 2.41 bits per heavy atom. The van der Waals surface area contributed by atoms with Crippen LogP contribution in [0, 0.1) is 5.82 Å². The quantitative estimate of drug-likeness (QED) is 0.793. The Balaban J connectivity index is 1.68. The minimum absolute atomic E-state index is 0.223. The summed E-state index contributed by atoms with van der Waals surface area (Å²) in [6.45, 7) is 2.71. The molecule has 2 aromatic carbocycles. The Hall–Kier alpha value is -1.94. The average molecular weight is 316 g/mol. The molecule has 0 fully saturated rings. The average Bonchev–Trinajstić information content (AvgIpc) is 2.53. The second kappa shape index (κ2) is 8.49. The molecule has 116 valence electrons. The highest BCUT2D eigenvalue weighted by Crippen LogP contribution is 2.05. The van der Waals surface area contributed by atoms with Crippen molar-refractivity contribution in [1.29, 1.82) is 0 Å². The van der Waals surface area contributed by atoms with E-state index in [0.717, 1.165) is 18.4 Å². The van der Waals surface area contributed by atoms with Gasteiger partial charge in [-0.2, -0.15) is 0 Å². The Morgan fingerprint density at radius 2 is 1.73 bits per heavy atom. The minimum Gasteiger partial charge on any atom is -0.360 e. The standard InChI is InChI=1S/C18H21FN2S/c1-14(7-8-15-5-3-2-4-6-15)21-18(22)20-13-16-9-11-17(19)12-10-16/h2-6,9-12,14H,7-8,13H2,1H3,(H2,20,21,22). The highest BCUT2D eigenvalue weighted by atomic mass is 32.1. The molecule has 0 aliphatic rings. The van der Waals surface area contributed by atoms with E-state index >= 15 is 0 Å². The molecular weight excluding hydrogens is 295 g/mol. The normalized spacial score (nSPS) is 11.7. The van der Waals surface area contributed by atoms with Gasteiger partial charge in [0.2, 0.25) is 0 Å². The summed E-state index contributed by atoms with van der Waals surface area (Å²) in [6.07, 6.45) is 2.04. The lowest BCUT2D eigenvalue weighted by molar-refractivity contribution is 0.599. The summed E-state index contributed by atoms with van der Waals surface area (Å²) in [4.78, 5) is 0. The SMILES string of the molecule is CC(CCc1ccccc1)NC(=S)NCc1ccc(F)cc1. The molecule has 2 N–H and O–H groups in total. The van der Waals surface area contributed by atoms with Gasteiger partial charge in [0.15, 0.2) is 5.11 Å². The van der Waals surface area contributed by atoms with Crippen molar-refractivity contribution in [3.63, 3.8) is 0 Å². The summed E-state index contributed by atoms with van der Waals surface area (Å²) >= 11 is 5.29. The molecule has 0 aromatic heterocycles. The van der Waals surface area contributed by atoms with Crippen LogP contribution in [-0.4, -0.2) is 11.2 Å². The van der Waals surface area contributed by atoms with Crippen LogP contribution in [0.1, 0.15) is 24.5 Å². The number of thiocarbonyl (C=S) groups is 1. The molecule has 0 saturated carbocycles. The van der Waals surface area contributed by atoms with E-state index in [1.165, 1.54) is 17.7 Å². The fraction of sp³-hybridized carbons (Fsp3) is 0.278. The minimum atomic E-state index is -0.223. The van der Waals surface area contributed by atoms with E-state index in [4.69, 9.17) is 12.2 Å². The number of aryl methyl sites for hydroxylation is 1. The van der Waals surface area contributed by atoms with Gasteiger partial charge in [-0.05, 0) is 55.2 Å². The maximum Gasteiger partial charge on any atom is 0.166 e. The fourth-order valence-corrected chi connectivity index (χ4v) is 2.43. The largest absolute Gasteiger partial charge is 0.360 e. The summed E-state index contributed by atoms with van der Waals surface area (Å²) in [7, 11) is 0. The highest BCUT2D eigenvalue weighted by molar-refractivity contribution is 7.80. The molecular formula is C18H21FN2S. The van der Waals surface area contributed by atoms with Crippen LogP contribution in [0.4, 0.5) is 4.39 Å². The van der Waals surface area contributed by atoms with E-state index in [9.17, 15) is 4.39 Å². The summed E-state index contributed by atoms with van der Waals surface area (Å²) in [5, 5.41) is 7.05. The van der Waals surface area contributed by atoms with Gasteiger partial charge in [-0.15, -0.1) is 0 Å². The van der Waals surface area contributed by atoms with Crippen molar-refractivity contribution in [2.24, 2.45) is 0 Å². The Labute approximate surface area is 136 Å². The molecule has 0 radical (unpaired) electrons. The van der Waals surface area contributed by atoms with Crippen molar-refractivity contribution < 1.29 is 4.39 Å². The molecule has 0 bridgehead atoms. The zero-order valence-electron chi connectivity index (χ0n) is 12.7. The molecule has 2 aromatic rings. The maximum atomic E-state index is 12.8. The molecule has 2 nitrogen and oxygen atoms in total. The van der Waals surface area contributed by atoms with Crippen LogP contribution in [0.5, 0.6) is 0 Å². The molecule has 1 unspecified atom stereocenters. The van der Waals surface area contributed by atoms with Crippen LogP contribution < -0.4 is 10.6 Å². The van der Waals surface area contributed by atoms with E-state index in [1.54, 1.807) is 12.1 Å². The Bertz CT molecular complexity index is 584. The monoisotopic (exact) mass is 316 g/mol. The van der Waals surface area contributed by atoms with E-state index in [1.807, 2.05) is 6.07 Å². The third-order valence-corrected chi connectivity index (χ3v) is 3.71. The van der Waals surface area contributed by atoms with Gasteiger partial charge in [-0.3, -0.25) is 0 Å². The molecule has 0 heterocycles. The van der Waals surface area contributed by atoms with Crippen molar-refractivity contribution in [2.75, 3.05) is 0 Å². The van der Waals surface area contributed by atoms with Crippen LogP contribution >= 0.6 is 12.2 Å². The Morgan fingerprint density at radius 1 is 1.05 bits per heavy atom. The topological polar surface area (TPSA) is 24.1 Å². The zero-order chi connectivity index (χ0) is 15.8. The first-order valence-corrected chi connectivity index (χ1v) is 7.87. The molecule has 2 rings (SSSR count). The van der Waals surface area contributed by atoms with Crippen LogP contribution in [0.3, 0.4) is 0 Å². The fourth-order valence-electron chi connectivity index (χ4n) is 2.16. The summed E-state index contributed by atoms with van der Waals surface area (Å²) in [5.41, 5.74) is 2.34. The molecule has 22 heavy (non-hydrogen) atoms. The van der Waals surface area contributed by atoms with Crippen molar-refractivity contribution in [2.45, 2.75) is 32.4 Å². The summed E-state index contributed by atoms with van der Waals surface area (Å²) < 4.78 is 12.8. The van der Waals surface area contributed by atoms with Gasteiger partial charge in [0.1, 0.15) is 5.82 Å². The van der Waals surface area contributed by atoms with E-state index < -0.39 is 0 Å². The lowest BCUT2D eigenvalue weighted by Gasteiger charge is -2.17. The predicted molar refractivity (Wildman–Crippen MR) is 93.2 cm³/mol. The Kier molecular flexibility index (Phi) is 6.34. The van der Waals surface area contributed by atoms with Crippen LogP contribution in [0.25, 0.3) is 0 Å². The number of hydrogen-bond acceptors (Lipinski definition) is 1. The molecule has 0 aliphatic heterocycles. The van der Waals surface area contributed by atoms with Gasteiger partial charge < -0.3 is 10.6 Å². The van der Waals surface area contributed by atoms with Gasteiger partial charge in [0, 0.05) is 12.6 Å². The first-order valence-electron chi connectivity index (χ1n) is 7.46. The predicted octanol–water partition coefficient (Wildman–Crippen LogP) is 3.81. The smallest absolute Gasteiger partial charge is 0.166 e. The first kappa shape index (κ1) is 16.4. The van der Waals surface area contributed by atoms with E-state index in [-0.39, 0.29) is 5.82 Å². The van der Waals surface area contributed by atoms with Crippen LogP contribution in [0.2, 0.25) is 0 Å². The number of benzene rings is 2.